The van der Waals surface area contributed by atoms with E-state index in [0.717, 1.165) is 30.0 Å². The van der Waals surface area contributed by atoms with Gasteiger partial charge in [-0.3, -0.25) is 4.98 Å². The summed E-state index contributed by atoms with van der Waals surface area (Å²) >= 11 is 0. The third-order valence-corrected chi connectivity index (χ3v) is 4.14. The number of alkyl halides is 2. The highest BCUT2D eigenvalue weighted by Gasteiger charge is 2.43. The van der Waals surface area contributed by atoms with E-state index >= 15 is 0 Å². The van der Waals surface area contributed by atoms with E-state index in [1.807, 2.05) is 0 Å². The monoisotopic (exact) mass is 373 g/mol. The molecule has 0 unspecified atom stereocenters. The van der Waals surface area contributed by atoms with Crippen LogP contribution >= 0.6 is 0 Å². The number of allylic oxidation sites excluding steroid dienone is 1. The molecule has 5 nitrogen and oxygen atoms in total. The van der Waals surface area contributed by atoms with Gasteiger partial charge in [-0.15, -0.1) is 0 Å². The third kappa shape index (κ3) is 4.11. The number of halogens is 3. The van der Waals surface area contributed by atoms with Gasteiger partial charge in [0.05, 0.1) is 19.3 Å². The molecule has 0 bridgehead atoms. The Morgan fingerprint density at radius 2 is 1.93 bits per heavy atom. The first-order valence-corrected chi connectivity index (χ1v) is 8.16. The van der Waals surface area contributed by atoms with Gasteiger partial charge in [-0.25, -0.2) is 13.2 Å². The first-order valence-electron chi connectivity index (χ1n) is 8.16. The lowest BCUT2D eigenvalue weighted by Crippen LogP contribution is -2.56. The Morgan fingerprint density at radius 3 is 2.52 bits per heavy atom. The number of rotatable bonds is 6. The first-order chi connectivity index (χ1) is 12.9. The summed E-state index contributed by atoms with van der Waals surface area (Å²) in [4.78, 5) is 5.42. The normalized spacial score (nSPS) is 16.3. The maximum atomic E-state index is 14.1. The zero-order valence-corrected chi connectivity index (χ0v) is 14.3. The van der Waals surface area contributed by atoms with Crippen LogP contribution in [0.15, 0.2) is 49.1 Å². The predicted molar refractivity (Wildman–Crippen MR) is 101 cm³/mol. The molecule has 2 heterocycles. The topological polar surface area (TPSA) is 78.0 Å². The maximum absolute atomic E-state index is 14.1. The van der Waals surface area contributed by atoms with E-state index in [1.54, 1.807) is 41.4 Å². The van der Waals surface area contributed by atoms with Crippen LogP contribution in [-0.2, 0) is 0 Å². The van der Waals surface area contributed by atoms with Crippen LogP contribution in [0.3, 0.4) is 0 Å². The van der Waals surface area contributed by atoms with E-state index in [4.69, 9.17) is 11.1 Å². The highest BCUT2D eigenvalue weighted by molar-refractivity contribution is 6.09. The SMILES string of the molecule is N=CC(=CN)c1c(F)cncc1/C=C/Nc1ccc(N2CC(F)(F)C2)cc1. The molecule has 0 aliphatic carbocycles. The fourth-order valence-corrected chi connectivity index (χ4v) is 2.78. The van der Waals surface area contributed by atoms with E-state index in [0.29, 0.717) is 5.56 Å². The second-order valence-corrected chi connectivity index (χ2v) is 6.09. The van der Waals surface area contributed by atoms with Crippen LogP contribution in [0.25, 0.3) is 11.6 Å². The largest absolute Gasteiger partial charge is 0.404 e. The minimum absolute atomic E-state index is 0.189. The maximum Gasteiger partial charge on any atom is 0.282 e. The molecule has 3 rings (SSSR count). The Hall–Kier alpha value is -3.29. The van der Waals surface area contributed by atoms with E-state index < -0.39 is 11.7 Å². The molecule has 1 aliphatic heterocycles. The molecule has 0 amide bonds. The molecule has 27 heavy (non-hydrogen) atoms. The molecule has 1 saturated heterocycles. The van der Waals surface area contributed by atoms with E-state index in [1.165, 1.54) is 6.20 Å². The van der Waals surface area contributed by atoms with Crippen molar-refractivity contribution in [2.75, 3.05) is 23.3 Å². The van der Waals surface area contributed by atoms with Crippen molar-refractivity contribution in [1.29, 1.82) is 5.41 Å². The van der Waals surface area contributed by atoms with Crippen molar-refractivity contribution in [3.63, 3.8) is 0 Å². The molecule has 0 atom stereocenters. The van der Waals surface area contributed by atoms with Crippen LogP contribution in [0.2, 0.25) is 0 Å². The van der Waals surface area contributed by atoms with Gasteiger partial charge in [0.1, 0.15) is 5.82 Å². The molecule has 4 N–H and O–H groups in total. The smallest absolute Gasteiger partial charge is 0.282 e. The van der Waals surface area contributed by atoms with Gasteiger partial charge < -0.3 is 21.4 Å². The van der Waals surface area contributed by atoms with E-state index in [2.05, 4.69) is 10.3 Å². The lowest BCUT2D eigenvalue weighted by atomic mass is 10.0. The molecule has 8 heteroatoms. The average molecular weight is 373 g/mol. The fraction of sp³-hybridized carbons (Fsp3) is 0.158. The van der Waals surface area contributed by atoms with Gasteiger partial charge in [-0.1, -0.05) is 0 Å². The summed E-state index contributed by atoms with van der Waals surface area (Å²) in [6, 6.07) is 7.04. The summed E-state index contributed by atoms with van der Waals surface area (Å²) in [7, 11) is 0. The van der Waals surface area contributed by atoms with Gasteiger partial charge in [-0.2, -0.15) is 0 Å². The molecule has 2 aromatic rings. The lowest BCUT2D eigenvalue weighted by molar-refractivity contribution is -0.0262. The second kappa shape index (κ2) is 7.53. The second-order valence-electron chi connectivity index (χ2n) is 6.09. The Balaban J connectivity index is 1.70. The molecule has 140 valence electrons. The molecular formula is C19H18F3N5. The van der Waals surface area contributed by atoms with Crippen LogP contribution in [0.4, 0.5) is 24.5 Å². The lowest BCUT2D eigenvalue weighted by Gasteiger charge is -2.40. The van der Waals surface area contributed by atoms with Crippen molar-refractivity contribution in [2.45, 2.75) is 5.92 Å². The Morgan fingerprint density at radius 1 is 1.22 bits per heavy atom. The minimum atomic E-state index is -2.61. The number of benzene rings is 1. The first kappa shape index (κ1) is 18.5. The molecular weight excluding hydrogens is 355 g/mol. The number of nitrogens with one attached hydrogen (secondary N) is 2. The quantitative estimate of drug-likeness (QED) is 0.675. The summed E-state index contributed by atoms with van der Waals surface area (Å²) in [5.74, 6) is -3.18. The minimum Gasteiger partial charge on any atom is -0.404 e. The van der Waals surface area contributed by atoms with Gasteiger partial charge in [0.25, 0.3) is 5.92 Å². The molecule has 1 aromatic carbocycles. The van der Waals surface area contributed by atoms with Crippen molar-refractivity contribution in [3.8, 4) is 0 Å². The molecule has 1 aromatic heterocycles. The summed E-state index contributed by atoms with van der Waals surface area (Å²) in [5, 5.41) is 10.4. The fourth-order valence-electron chi connectivity index (χ4n) is 2.78. The van der Waals surface area contributed by atoms with Gasteiger partial charge in [0.2, 0.25) is 0 Å². The van der Waals surface area contributed by atoms with Crippen molar-refractivity contribution in [3.05, 3.63) is 66.0 Å². The van der Waals surface area contributed by atoms with Gasteiger partial charge in [0.15, 0.2) is 0 Å². The van der Waals surface area contributed by atoms with Gasteiger partial charge in [0, 0.05) is 52.9 Å². The third-order valence-electron chi connectivity index (χ3n) is 4.14. The zero-order chi connectivity index (χ0) is 19.4. The van der Waals surface area contributed by atoms with Gasteiger partial charge >= 0.3 is 0 Å². The van der Waals surface area contributed by atoms with E-state index in [9.17, 15) is 13.2 Å². The molecule has 0 saturated carbocycles. The van der Waals surface area contributed by atoms with Crippen LogP contribution in [-0.4, -0.2) is 30.2 Å². The number of hydrogen-bond acceptors (Lipinski definition) is 5. The van der Waals surface area contributed by atoms with Crippen LogP contribution in [0, 0.1) is 11.2 Å². The Bertz CT molecular complexity index is 883. The number of nitrogens with zero attached hydrogens (tertiary/aromatic N) is 2. The van der Waals surface area contributed by atoms with Crippen molar-refractivity contribution in [1.82, 2.24) is 4.98 Å². The Kier molecular flexibility index (Phi) is 5.16. The van der Waals surface area contributed by atoms with Crippen LogP contribution in [0.5, 0.6) is 0 Å². The number of aromatic nitrogens is 1. The number of pyridine rings is 1. The zero-order valence-electron chi connectivity index (χ0n) is 14.3. The van der Waals surface area contributed by atoms with Crippen molar-refractivity contribution >= 4 is 29.2 Å². The predicted octanol–water partition coefficient (Wildman–Crippen LogP) is 3.71. The number of hydrogen-bond donors (Lipinski definition) is 3. The van der Waals surface area contributed by atoms with Crippen molar-refractivity contribution in [2.24, 2.45) is 5.73 Å². The molecule has 1 fully saturated rings. The highest BCUT2D eigenvalue weighted by atomic mass is 19.3. The summed E-state index contributed by atoms with van der Waals surface area (Å²) in [5.41, 5.74) is 7.82. The van der Waals surface area contributed by atoms with Crippen molar-refractivity contribution < 1.29 is 13.2 Å². The Labute approximate surface area is 154 Å². The standard InChI is InChI=1S/C19H18F3N5/c20-17-10-25-9-13(18(17)14(7-23)8-24)5-6-26-15-1-3-16(4-2-15)27-11-19(21,22)12-27/h1-10,23,26H,11-12,24H2/b6-5+,14-8?,23-7?. The van der Waals surface area contributed by atoms with E-state index in [-0.39, 0.29) is 24.2 Å². The number of nitrogens with two attached hydrogens (primary N) is 1. The number of anilines is 2. The summed E-state index contributed by atoms with van der Waals surface area (Å²) < 4.78 is 39.9. The van der Waals surface area contributed by atoms with Crippen LogP contribution < -0.4 is 16.0 Å². The molecule has 1 aliphatic rings. The molecule has 0 spiro atoms. The summed E-state index contributed by atoms with van der Waals surface area (Å²) in [6.07, 6.45) is 7.88. The molecule has 0 radical (unpaired) electrons. The average Bonchev–Trinajstić information content (AvgIpc) is 2.63. The summed E-state index contributed by atoms with van der Waals surface area (Å²) in [6.45, 7) is -0.530. The van der Waals surface area contributed by atoms with Gasteiger partial charge in [-0.05, 0) is 30.3 Å². The van der Waals surface area contributed by atoms with Crippen LogP contribution in [0.1, 0.15) is 11.1 Å². The highest BCUT2D eigenvalue weighted by Crippen LogP contribution is 2.32.